The number of para-hydroxylation sites is 1. The minimum absolute atomic E-state index is 1.20. The highest BCUT2D eigenvalue weighted by molar-refractivity contribution is 7.12. The Labute approximate surface area is 105 Å². The third-order valence-electron chi connectivity index (χ3n) is 2.66. The molecule has 0 unspecified atom stereocenters. The van der Waals surface area contributed by atoms with Gasteiger partial charge in [0.15, 0.2) is 6.20 Å². The predicted octanol–water partition coefficient (Wildman–Crippen LogP) is 3.69. The van der Waals surface area contributed by atoms with Crippen molar-refractivity contribution in [1.82, 2.24) is 0 Å². The van der Waals surface area contributed by atoms with E-state index in [1.807, 2.05) is 12.1 Å². The largest absolute Gasteiger partial charge is 0.274 e. The van der Waals surface area contributed by atoms with Gasteiger partial charge >= 0.3 is 0 Å². The summed E-state index contributed by atoms with van der Waals surface area (Å²) in [5, 5.41) is 3.38. The molecule has 0 saturated carbocycles. The minimum atomic E-state index is 1.20. The molecule has 0 amide bonds. The minimum Gasteiger partial charge on any atom is -0.150 e. The van der Waals surface area contributed by atoms with Crippen LogP contribution in [-0.4, -0.2) is 0 Å². The van der Waals surface area contributed by atoms with E-state index >= 15 is 0 Å². The van der Waals surface area contributed by atoms with Crippen LogP contribution in [0, 0.1) is 0 Å². The van der Waals surface area contributed by atoms with E-state index in [0.717, 1.165) is 0 Å². The summed E-state index contributed by atoms with van der Waals surface area (Å²) in [4.78, 5) is 0. The Bertz CT molecular complexity index is 545. The van der Waals surface area contributed by atoms with Gasteiger partial charge in [0, 0.05) is 12.1 Å². The van der Waals surface area contributed by atoms with E-state index in [-0.39, 0.29) is 0 Å². The van der Waals surface area contributed by atoms with Crippen LogP contribution in [0.25, 0.3) is 16.3 Å². The van der Waals surface area contributed by atoms with Crippen LogP contribution < -0.4 is 4.57 Å². The monoisotopic (exact) mass is 238 g/mol. The van der Waals surface area contributed by atoms with Crippen molar-refractivity contribution in [2.75, 3.05) is 0 Å². The van der Waals surface area contributed by atoms with Crippen LogP contribution in [0.5, 0.6) is 0 Å². The second-order valence-corrected chi connectivity index (χ2v) is 4.67. The molecule has 0 aliphatic carbocycles. The van der Waals surface area contributed by atoms with Crippen LogP contribution in [0.1, 0.15) is 0 Å². The van der Waals surface area contributed by atoms with Crippen molar-refractivity contribution in [2.24, 2.45) is 0 Å². The van der Waals surface area contributed by atoms with Crippen molar-refractivity contribution in [3.05, 3.63) is 72.2 Å². The first-order valence-electron chi connectivity index (χ1n) is 5.55. The van der Waals surface area contributed by atoms with Crippen molar-refractivity contribution in [1.29, 1.82) is 0 Å². The second kappa shape index (κ2) is 4.52. The summed E-state index contributed by atoms with van der Waals surface area (Å²) in [5.41, 5.74) is 2.46. The molecule has 0 saturated heterocycles. The first-order valence-corrected chi connectivity index (χ1v) is 6.43. The molecule has 0 bridgehead atoms. The number of rotatable bonds is 2. The van der Waals surface area contributed by atoms with Crippen LogP contribution >= 0.6 is 11.3 Å². The van der Waals surface area contributed by atoms with Crippen molar-refractivity contribution < 1.29 is 4.57 Å². The van der Waals surface area contributed by atoms with Crippen molar-refractivity contribution in [3.63, 3.8) is 0 Å². The zero-order chi connectivity index (χ0) is 11.5. The van der Waals surface area contributed by atoms with Gasteiger partial charge in [-0.25, -0.2) is 0 Å². The molecule has 1 heterocycles. The number of aromatic nitrogens is 1. The number of hydrogen-bond acceptors (Lipinski definition) is 1. The van der Waals surface area contributed by atoms with Gasteiger partial charge < -0.3 is 0 Å². The molecular weight excluding hydrogens is 226 g/mol. The lowest BCUT2D eigenvalue weighted by Crippen LogP contribution is -2.29. The highest BCUT2D eigenvalue weighted by Crippen LogP contribution is 2.21. The van der Waals surface area contributed by atoms with E-state index < -0.39 is 0 Å². The molecule has 3 aromatic rings. The highest BCUT2D eigenvalue weighted by atomic mass is 32.1. The average Bonchev–Trinajstić information content (AvgIpc) is 2.90. The molecular formula is C15H12NS+. The summed E-state index contributed by atoms with van der Waals surface area (Å²) >= 11 is 1.76. The molecule has 0 aliphatic rings. The molecule has 0 radical (unpaired) electrons. The summed E-state index contributed by atoms with van der Waals surface area (Å²) in [6.07, 6.45) is 2.11. The summed E-state index contributed by atoms with van der Waals surface area (Å²) in [7, 11) is 0. The molecule has 1 aromatic heterocycles. The van der Waals surface area contributed by atoms with Crippen molar-refractivity contribution in [2.45, 2.75) is 0 Å². The van der Waals surface area contributed by atoms with Gasteiger partial charge in [-0.1, -0.05) is 47.7 Å². The van der Waals surface area contributed by atoms with Crippen LogP contribution in [0.15, 0.2) is 72.2 Å². The number of thiazole rings is 1. The number of hydrogen-bond donors (Lipinski definition) is 0. The summed E-state index contributed by atoms with van der Waals surface area (Å²) in [6, 6.07) is 20.9. The van der Waals surface area contributed by atoms with Gasteiger partial charge in [-0.3, -0.25) is 0 Å². The molecule has 0 fully saturated rings. The fourth-order valence-electron chi connectivity index (χ4n) is 1.86. The zero-order valence-corrected chi connectivity index (χ0v) is 10.1. The molecule has 2 aromatic carbocycles. The van der Waals surface area contributed by atoms with E-state index in [1.54, 1.807) is 11.3 Å². The third-order valence-corrected chi connectivity index (χ3v) is 3.58. The Morgan fingerprint density at radius 2 is 1.41 bits per heavy atom. The van der Waals surface area contributed by atoms with E-state index in [0.29, 0.717) is 0 Å². The maximum absolute atomic E-state index is 2.22. The quantitative estimate of drug-likeness (QED) is 0.599. The van der Waals surface area contributed by atoms with E-state index in [4.69, 9.17) is 0 Å². The second-order valence-electron chi connectivity index (χ2n) is 3.78. The molecule has 3 rings (SSSR count). The lowest BCUT2D eigenvalue weighted by Gasteiger charge is -1.97. The van der Waals surface area contributed by atoms with Gasteiger partial charge in [0.1, 0.15) is 0 Å². The molecule has 0 atom stereocenters. The van der Waals surface area contributed by atoms with Gasteiger partial charge in [-0.15, -0.1) is 0 Å². The zero-order valence-electron chi connectivity index (χ0n) is 9.28. The lowest BCUT2D eigenvalue weighted by molar-refractivity contribution is -0.579. The van der Waals surface area contributed by atoms with E-state index in [1.165, 1.54) is 16.3 Å². The van der Waals surface area contributed by atoms with Crippen LogP contribution in [0.2, 0.25) is 0 Å². The van der Waals surface area contributed by atoms with Crippen molar-refractivity contribution in [3.8, 4) is 16.3 Å². The maximum Gasteiger partial charge on any atom is 0.274 e. The Kier molecular flexibility index (Phi) is 2.72. The number of nitrogens with zero attached hydrogens (tertiary/aromatic N) is 1. The maximum atomic E-state index is 2.22. The van der Waals surface area contributed by atoms with Gasteiger partial charge in [-0.05, 0) is 12.1 Å². The van der Waals surface area contributed by atoms with E-state index in [9.17, 15) is 0 Å². The van der Waals surface area contributed by atoms with Crippen molar-refractivity contribution >= 4 is 11.3 Å². The fourth-order valence-corrected chi connectivity index (χ4v) is 2.72. The smallest absolute Gasteiger partial charge is 0.150 e. The Morgan fingerprint density at radius 1 is 0.765 bits per heavy atom. The van der Waals surface area contributed by atoms with Gasteiger partial charge in [-0.2, -0.15) is 4.57 Å². The first kappa shape index (κ1) is 10.2. The van der Waals surface area contributed by atoms with Crippen LogP contribution in [0.3, 0.4) is 0 Å². The first-order chi connectivity index (χ1) is 8.45. The average molecular weight is 238 g/mol. The van der Waals surface area contributed by atoms with Crippen LogP contribution in [-0.2, 0) is 0 Å². The molecule has 2 heteroatoms. The molecule has 1 nitrogen and oxygen atoms in total. The summed E-state index contributed by atoms with van der Waals surface area (Å²) in [6.45, 7) is 0. The van der Waals surface area contributed by atoms with Crippen LogP contribution in [0.4, 0.5) is 0 Å². The highest BCUT2D eigenvalue weighted by Gasteiger charge is 2.16. The van der Waals surface area contributed by atoms with Gasteiger partial charge in [0.25, 0.3) is 5.01 Å². The Balaban J connectivity index is 2.13. The lowest BCUT2D eigenvalue weighted by atomic mass is 10.2. The Hall–Kier alpha value is -1.93. The molecule has 0 spiro atoms. The van der Waals surface area contributed by atoms with Gasteiger partial charge in [0.2, 0.25) is 5.69 Å². The standard InChI is InChI=1S/C15H12NS/c1-3-7-13(8-4-1)15-16(11-12-17-15)14-9-5-2-6-10-14/h1-12H/q+1. The molecule has 0 N–H and O–H groups in total. The molecule has 17 heavy (non-hydrogen) atoms. The van der Waals surface area contributed by atoms with E-state index in [2.05, 4.69) is 64.7 Å². The summed E-state index contributed by atoms with van der Waals surface area (Å²) in [5.74, 6) is 0. The normalized spacial score (nSPS) is 10.4. The SMILES string of the molecule is c1ccc(-c2scc[n+]2-c2ccccc2)cc1. The van der Waals surface area contributed by atoms with Gasteiger partial charge in [0.05, 0.1) is 10.9 Å². The Morgan fingerprint density at radius 3 is 2.12 bits per heavy atom. The third kappa shape index (κ3) is 1.99. The number of benzene rings is 2. The molecule has 82 valence electrons. The fraction of sp³-hybridized carbons (Fsp3) is 0. The molecule has 0 aliphatic heterocycles. The topological polar surface area (TPSA) is 3.88 Å². The summed E-state index contributed by atoms with van der Waals surface area (Å²) < 4.78 is 2.22. The predicted molar refractivity (Wildman–Crippen MR) is 71.3 cm³/mol.